The van der Waals surface area contributed by atoms with Crippen molar-refractivity contribution >= 4 is 23.8 Å². The minimum absolute atomic E-state index is 0.0919. The molecule has 0 aliphatic carbocycles. The number of nitrogens with two attached hydrogens (primary N) is 1. The van der Waals surface area contributed by atoms with Crippen molar-refractivity contribution in [2.75, 3.05) is 19.0 Å². The highest BCUT2D eigenvalue weighted by Crippen LogP contribution is 2.27. The van der Waals surface area contributed by atoms with Gasteiger partial charge in [0.15, 0.2) is 0 Å². The lowest BCUT2D eigenvalue weighted by Crippen LogP contribution is -2.30. The lowest BCUT2D eigenvalue weighted by atomic mass is 10.1. The smallest absolute Gasteiger partial charge is 0.342 e. The van der Waals surface area contributed by atoms with Crippen LogP contribution in [-0.2, 0) is 4.74 Å². The number of methoxy groups -OCH3 is 1. The first-order chi connectivity index (χ1) is 9.42. The van der Waals surface area contributed by atoms with Crippen LogP contribution in [0.25, 0.3) is 0 Å². The minimum Gasteiger partial charge on any atom is -0.465 e. The molecule has 1 heterocycles. The predicted octanol–water partition coefficient (Wildman–Crippen LogP) is 1.01. The van der Waals surface area contributed by atoms with Crippen molar-refractivity contribution in [3.05, 3.63) is 16.9 Å². The van der Waals surface area contributed by atoms with E-state index in [1.54, 1.807) is 0 Å². The van der Waals surface area contributed by atoms with Crippen LogP contribution < -0.4 is 16.4 Å². The van der Waals surface area contributed by atoms with E-state index in [9.17, 15) is 14.4 Å². The molecule has 3 amide bonds. The Hall–Kier alpha value is -2.51. The van der Waals surface area contributed by atoms with Crippen molar-refractivity contribution in [3.63, 3.8) is 0 Å². The van der Waals surface area contributed by atoms with Crippen molar-refractivity contribution in [3.8, 4) is 0 Å². The largest absolute Gasteiger partial charge is 0.465 e. The molecule has 8 nitrogen and oxygen atoms in total. The lowest BCUT2D eigenvalue weighted by molar-refractivity contribution is 0.0595. The molecule has 0 spiro atoms. The molecule has 0 aromatic carbocycles. The van der Waals surface area contributed by atoms with E-state index >= 15 is 0 Å². The normalized spacial score (nSPS) is 9.95. The van der Waals surface area contributed by atoms with Gasteiger partial charge in [-0.3, -0.25) is 10.1 Å². The van der Waals surface area contributed by atoms with Crippen LogP contribution in [0.4, 0.5) is 10.7 Å². The third-order valence-electron chi connectivity index (χ3n) is 2.48. The Labute approximate surface area is 115 Å². The van der Waals surface area contributed by atoms with Gasteiger partial charge in [0.2, 0.25) is 5.88 Å². The molecule has 4 N–H and O–H groups in total. The average molecular weight is 283 g/mol. The molecule has 110 valence electrons. The summed E-state index contributed by atoms with van der Waals surface area (Å²) in [5.41, 5.74) is 4.92. The maximum atomic E-state index is 11.6. The van der Waals surface area contributed by atoms with Crippen LogP contribution in [0, 0.1) is 6.92 Å². The average Bonchev–Trinajstić information content (AvgIpc) is 2.71. The van der Waals surface area contributed by atoms with Gasteiger partial charge in [0.1, 0.15) is 16.9 Å². The highest BCUT2D eigenvalue weighted by Gasteiger charge is 2.28. The van der Waals surface area contributed by atoms with Crippen LogP contribution in [0.1, 0.15) is 39.8 Å². The standard InChI is InChI=1S/C12H17N3O5/c1-4-5-14-12(18)15-10-8(9(13)16)7(6(2)20-10)11(17)19-3/h4-5H2,1-3H3,(H2,13,16)(H2,14,15,18). The van der Waals surface area contributed by atoms with E-state index in [-0.39, 0.29) is 22.8 Å². The summed E-state index contributed by atoms with van der Waals surface area (Å²) in [6.45, 7) is 3.82. The number of aryl methyl sites for hydroxylation is 1. The van der Waals surface area contributed by atoms with Crippen LogP contribution in [0.15, 0.2) is 4.42 Å². The number of ether oxygens (including phenoxy) is 1. The quantitative estimate of drug-likeness (QED) is 0.695. The van der Waals surface area contributed by atoms with E-state index in [1.807, 2.05) is 6.92 Å². The SMILES string of the molecule is CCCNC(=O)Nc1oc(C)c(C(=O)OC)c1C(N)=O. The number of carbonyl (C=O) groups is 3. The Kier molecular flexibility index (Phi) is 5.13. The molecule has 0 fully saturated rings. The predicted molar refractivity (Wildman–Crippen MR) is 70.6 cm³/mol. The number of hydrogen-bond acceptors (Lipinski definition) is 5. The molecule has 0 unspecified atom stereocenters. The first-order valence-corrected chi connectivity index (χ1v) is 5.98. The Bertz CT molecular complexity index is 535. The Morgan fingerprint density at radius 2 is 1.95 bits per heavy atom. The van der Waals surface area contributed by atoms with E-state index in [1.165, 1.54) is 14.0 Å². The summed E-state index contributed by atoms with van der Waals surface area (Å²) in [6.07, 6.45) is 0.751. The van der Waals surface area contributed by atoms with Crippen molar-refractivity contribution in [2.24, 2.45) is 5.73 Å². The first-order valence-electron chi connectivity index (χ1n) is 5.98. The van der Waals surface area contributed by atoms with Crippen LogP contribution in [0.3, 0.4) is 0 Å². The van der Waals surface area contributed by atoms with Crippen LogP contribution in [0.5, 0.6) is 0 Å². The third-order valence-corrected chi connectivity index (χ3v) is 2.48. The molecule has 8 heteroatoms. The summed E-state index contributed by atoms with van der Waals surface area (Å²) < 4.78 is 9.76. The summed E-state index contributed by atoms with van der Waals surface area (Å²) in [4.78, 5) is 34.6. The van der Waals surface area contributed by atoms with Gasteiger partial charge < -0.3 is 20.2 Å². The molecule has 0 aliphatic rings. The molecule has 0 saturated heterocycles. The molecule has 1 aromatic heterocycles. The zero-order valence-electron chi connectivity index (χ0n) is 11.5. The van der Waals surface area contributed by atoms with Gasteiger partial charge in [-0.1, -0.05) is 6.92 Å². The molecular weight excluding hydrogens is 266 g/mol. The minimum atomic E-state index is -0.895. The van der Waals surface area contributed by atoms with Gasteiger partial charge in [0.05, 0.1) is 7.11 Å². The number of amides is 3. The van der Waals surface area contributed by atoms with E-state index in [0.29, 0.717) is 6.54 Å². The molecule has 1 rings (SSSR count). The number of carbonyl (C=O) groups excluding carboxylic acids is 3. The second-order valence-corrected chi connectivity index (χ2v) is 3.97. The van der Waals surface area contributed by atoms with Crippen molar-refractivity contribution < 1.29 is 23.5 Å². The number of nitrogens with one attached hydrogen (secondary N) is 2. The number of furan rings is 1. The number of anilines is 1. The first kappa shape index (κ1) is 15.5. The summed E-state index contributed by atoms with van der Waals surface area (Å²) in [6, 6.07) is -0.556. The fourth-order valence-corrected chi connectivity index (χ4v) is 1.60. The van der Waals surface area contributed by atoms with Gasteiger partial charge in [-0.05, 0) is 13.3 Å². The molecule has 0 aliphatic heterocycles. The van der Waals surface area contributed by atoms with Crippen molar-refractivity contribution in [2.45, 2.75) is 20.3 Å². The molecule has 0 atom stereocenters. The second kappa shape index (κ2) is 6.60. The topological polar surface area (TPSA) is 124 Å². The lowest BCUT2D eigenvalue weighted by Gasteiger charge is -2.05. The third kappa shape index (κ3) is 3.28. The number of hydrogen-bond donors (Lipinski definition) is 3. The fourth-order valence-electron chi connectivity index (χ4n) is 1.60. The van der Waals surface area contributed by atoms with Gasteiger partial charge in [-0.25, -0.2) is 9.59 Å². The molecule has 0 saturated carbocycles. The fraction of sp³-hybridized carbons (Fsp3) is 0.417. The highest BCUT2D eigenvalue weighted by molar-refractivity contribution is 6.10. The van der Waals surface area contributed by atoms with E-state index in [0.717, 1.165) is 6.42 Å². The molecule has 0 bridgehead atoms. The number of rotatable bonds is 5. The Balaban J connectivity index is 3.11. The number of esters is 1. The van der Waals surface area contributed by atoms with Crippen LogP contribution in [0.2, 0.25) is 0 Å². The van der Waals surface area contributed by atoms with Crippen molar-refractivity contribution in [1.82, 2.24) is 5.32 Å². The second-order valence-electron chi connectivity index (χ2n) is 3.97. The summed E-state index contributed by atoms with van der Waals surface area (Å²) in [7, 11) is 1.17. The summed E-state index contributed by atoms with van der Waals surface area (Å²) in [5.74, 6) is -1.70. The van der Waals surface area contributed by atoms with Crippen LogP contribution in [-0.4, -0.2) is 31.6 Å². The number of primary amides is 1. The van der Waals surface area contributed by atoms with Gasteiger partial charge >= 0.3 is 12.0 Å². The maximum Gasteiger partial charge on any atom is 0.342 e. The van der Waals surface area contributed by atoms with Crippen LogP contribution >= 0.6 is 0 Å². The van der Waals surface area contributed by atoms with E-state index < -0.39 is 17.9 Å². The van der Waals surface area contributed by atoms with Gasteiger partial charge in [0.25, 0.3) is 5.91 Å². The maximum absolute atomic E-state index is 11.6. The molecule has 0 radical (unpaired) electrons. The summed E-state index contributed by atoms with van der Waals surface area (Å²) >= 11 is 0. The monoisotopic (exact) mass is 283 g/mol. The van der Waals surface area contributed by atoms with Crippen molar-refractivity contribution in [1.29, 1.82) is 0 Å². The summed E-state index contributed by atoms with van der Waals surface area (Å²) in [5, 5.41) is 4.88. The highest BCUT2D eigenvalue weighted by atomic mass is 16.5. The van der Waals surface area contributed by atoms with Gasteiger partial charge in [-0.2, -0.15) is 0 Å². The Morgan fingerprint density at radius 1 is 1.30 bits per heavy atom. The molecular formula is C12H17N3O5. The zero-order valence-corrected chi connectivity index (χ0v) is 11.5. The molecule has 1 aromatic rings. The zero-order chi connectivity index (χ0) is 15.3. The van der Waals surface area contributed by atoms with E-state index in [4.69, 9.17) is 10.2 Å². The Morgan fingerprint density at radius 3 is 2.45 bits per heavy atom. The molecule has 20 heavy (non-hydrogen) atoms. The van der Waals surface area contributed by atoms with Gasteiger partial charge in [-0.15, -0.1) is 0 Å². The van der Waals surface area contributed by atoms with Gasteiger partial charge in [0, 0.05) is 6.54 Å². The number of urea groups is 1. The van der Waals surface area contributed by atoms with E-state index in [2.05, 4.69) is 15.4 Å².